The molecular weight excluding hydrogens is 511 g/mol. The van der Waals surface area contributed by atoms with Gasteiger partial charge in [-0.2, -0.15) is 5.26 Å². The average molecular weight is 543 g/mol. The Labute approximate surface area is 231 Å². The van der Waals surface area contributed by atoms with Gasteiger partial charge in [-0.05, 0) is 50.3 Å². The number of fused-ring (bicyclic) bond motifs is 8. The number of nitrogens with zero attached hydrogens (tertiary/aromatic N) is 2. The van der Waals surface area contributed by atoms with Crippen molar-refractivity contribution in [3.8, 4) is 6.07 Å². The zero-order valence-corrected chi connectivity index (χ0v) is 22.5. The Morgan fingerprint density at radius 1 is 1.25 bits per heavy atom. The van der Waals surface area contributed by atoms with Crippen molar-refractivity contribution in [1.82, 2.24) is 4.98 Å². The Hall–Kier alpha value is -3.25. The van der Waals surface area contributed by atoms with Crippen molar-refractivity contribution in [3.63, 3.8) is 0 Å². The van der Waals surface area contributed by atoms with E-state index in [2.05, 4.69) is 4.98 Å². The summed E-state index contributed by atoms with van der Waals surface area (Å²) >= 11 is 0. The van der Waals surface area contributed by atoms with Gasteiger partial charge in [0, 0.05) is 40.3 Å². The van der Waals surface area contributed by atoms with E-state index in [1.165, 1.54) is 6.08 Å². The van der Waals surface area contributed by atoms with Crippen LogP contribution in [-0.2, 0) is 19.1 Å². The van der Waals surface area contributed by atoms with Crippen molar-refractivity contribution in [2.45, 2.75) is 75.7 Å². The molecule has 1 saturated heterocycles. The lowest BCUT2D eigenvalue weighted by molar-refractivity contribution is -0.226. The number of aromatic nitrogens is 1. The molecule has 7 nitrogen and oxygen atoms in total. The van der Waals surface area contributed by atoms with E-state index in [9.17, 15) is 20.0 Å². The van der Waals surface area contributed by atoms with Crippen LogP contribution in [0.25, 0.3) is 10.9 Å². The monoisotopic (exact) mass is 542 g/mol. The highest BCUT2D eigenvalue weighted by molar-refractivity contribution is 5.94. The second-order valence-electron chi connectivity index (χ2n) is 12.5. The van der Waals surface area contributed by atoms with Gasteiger partial charge in [-0.3, -0.25) is 14.6 Å². The lowest BCUT2D eigenvalue weighted by Gasteiger charge is -2.62. The van der Waals surface area contributed by atoms with Crippen molar-refractivity contribution in [3.05, 3.63) is 65.9 Å². The number of hydrogen-bond donors (Lipinski definition) is 1. The standard InChI is InChI=1S/C32H31FN2O5/c1-29-12-9-19(36)15-18(29)7-8-22-23-16-27-32(25(37)10-13-34,30(23,2)17-26(38)31(22,29)33)40-28(39-27)21-11-14-35-24-6-4-3-5-20(21)24/h3-7,9,11-12,14,22-23,26-28,38H,8,10,15-17H2,1-2H3/t22-,23-,26-,27+,28?,29-,30-,31-,32+/m0/s1. The Morgan fingerprint density at radius 2 is 2.05 bits per heavy atom. The second kappa shape index (κ2) is 8.39. The van der Waals surface area contributed by atoms with Crippen LogP contribution in [0.4, 0.5) is 4.39 Å². The summed E-state index contributed by atoms with van der Waals surface area (Å²) in [6.07, 6.45) is 4.10. The zero-order chi connectivity index (χ0) is 28.1. The fourth-order valence-electron chi connectivity index (χ4n) is 9.03. The lowest BCUT2D eigenvalue weighted by Crippen LogP contribution is -2.69. The van der Waals surface area contributed by atoms with Crippen LogP contribution in [-0.4, -0.2) is 45.1 Å². The predicted molar refractivity (Wildman–Crippen MR) is 142 cm³/mol. The highest BCUT2D eigenvalue weighted by Crippen LogP contribution is 2.72. The minimum Gasteiger partial charge on any atom is -0.390 e. The summed E-state index contributed by atoms with van der Waals surface area (Å²) in [6, 6.07) is 11.4. The molecule has 9 atom stereocenters. The van der Waals surface area contributed by atoms with Gasteiger partial charge >= 0.3 is 0 Å². The molecule has 3 fully saturated rings. The van der Waals surface area contributed by atoms with Crippen LogP contribution >= 0.6 is 0 Å². The molecule has 0 radical (unpaired) electrons. The number of Topliss-reactive ketones (excluding diaryl/α,β-unsaturated/α-hetero) is 1. The van der Waals surface area contributed by atoms with Crippen molar-refractivity contribution < 1.29 is 28.6 Å². The number of aliphatic hydroxyl groups excluding tert-OH is 1. The lowest BCUT2D eigenvalue weighted by atomic mass is 9.45. The Balaban J connectivity index is 1.33. The number of carbonyl (C=O) groups is 2. The molecule has 1 N–H and O–H groups in total. The first-order chi connectivity index (χ1) is 19.1. The van der Waals surface area contributed by atoms with E-state index in [4.69, 9.17) is 9.47 Å². The van der Waals surface area contributed by atoms with E-state index in [-0.39, 0.29) is 31.0 Å². The van der Waals surface area contributed by atoms with Gasteiger partial charge in [-0.15, -0.1) is 0 Å². The molecule has 2 heterocycles. The smallest absolute Gasteiger partial charge is 0.186 e. The minimum atomic E-state index is -2.03. The quantitative estimate of drug-likeness (QED) is 0.552. The van der Waals surface area contributed by atoms with Crippen LogP contribution in [0.2, 0.25) is 0 Å². The average Bonchev–Trinajstić information content (AvgIpc) is 3.43. The number of hydrogen-bond acceptors (Lipinski definition) is 7. The molecule has 0 amide bonds. The highest BCUT2D eigenvalue weighted by Gasteiger charge is 2.79. The van der Waals surface area contributed by atoms with Gasteiger partial charge in [0.05, 0.1) is 30.2 Å². The minimum absolute atomic E-state index is 0.0316. The third kappa shape index (κ3) is 2.95. The number of allylic oxidation sites excluding steroid dienone is 4. The number of aliphatic hydroxyl groups is 1. The van der Waals surface area contributed by atoms with Gasteiger partial charge in [-0.25, -0.2) is 4.39 Å². The van der Waals surface area contributed by atoms with Crippen LogP contribution < -0.4 is 0 Å². The maximum Gasteiger partial charge on any atom is 0.186 e. The molecule has 1 aromatic heterocycles. The fourth-order valence-corrected chi connectivity index (χ4v) is 9.03. The molecule has 0 spiro atoms. The Bertz CT molecular complexity index is 1560. The molecule has 1 aromatic carbocycles. The number of rotatable bonds is 3. The van der Waals surface area contributed by atoms with Crippen LogP contribution in [0.3, 0.4) is 0 Å². The number of ether oxygens (including phenoxy) is 2. The van der Waals surface area contributed by atoms with E-state index in [1.807, 2.05) is 49.4 Å². The summed E-state index contributed by atoms with van der Waals surface area (Å²) in [5.41, 5.74) is -3.48. The molecule has 4 aliphatic carbocycles. The topological polar surface area (TPSA) is 110 Å². The van der Waals surface area contributed by atoms with Crippen LogP contribution in [0.5, 0.6) is 0 Å². The molecule has 1 unspecified atom stereocenters. The third-order valence-corrected chi connectivity index (χ3v) is 10.9. The van der Waals surface area contributed by atoms with Crippen molar-refractivity contribution >= 4 is 22.5 Å². The molecular formula is C32H31FN2O5. The van der Waals surface area contributed by atoms with Crippen molar-refractivity contribution in [1.29, 1.82) is 5.26 Å². The van der Waals surface area contributed by atoms with Gasteiger partial charge in [0.2, 0.25) is 0 Å². The second-order valence-corrected chi connectivity index (χ2v) is 12.5. The maximum atomic E-state index is 17.6. The van der Waals surface area contributed by atoms with Crippen LogP contribution in [0, 0.1) is 34.0 Å². The summed E-state index contributed by atoms with van der Waals surface area (Å²) in [5.74, 6) is -1.46. The van der Waals surface area contributed by atoms with Gasteiger partial charge < -0.3 is 14.6 Å². The van der Waals surface area contributed by atoms with Gasteiger partial charge in [-0.1, -0.05) is 42.8 Å². The predicted octanol–water partition coefficient (Wildman–Crippen LogP) is 4.85. The van der Waals surface area contributed by atoms with Crippen molar-refractivity contribution in [2.75, 3.05) is 0 Å². The number of pyridine rings is 1. The van der Waals surface area contributed by atoms with Crippen LogP contribution in [0.15, 0.2) is 60.3 Å². The summed E-state index contributed by atoms with van der Waals surface area (Å²) in [6.45, 7) is 3.66. The SMILES string of the molecule is C[C@]12C=CC(=O)CC1=CC[C@H]1[C@@H]3C[C@H]4OC(c5ccnc6ccccc56)O[C@@]4(C(=O)CC#N)[C@@]3(C)C[C@H](O)[C@@]12F. The molecule has 1 aliphatic heterocycles. The molecule has 206 valence electrons. The number of para-hydroxylation sites is 1. The number of alkyl halides is 1. The summed E-state index contributed by atoms with van der Waals surface area (Å²) < 4.78 is 30.8. The Morgan fingerprint density at radius 3 is 2.85 bits per heavy atom. The molecule has 8 heteroatoms. The highest BCUT2D eigenvalue weighted by atomic mass is 19.1. The normalized spacial score (nSPS) is 43.3. The number of ketones is 2. The van der Waals surface area contributed by atoms with Crippen molar-refractivity contribution in [2.24, 2.45) is 22.7 Å². The molecule has 2 saturated carbocycles. The van der Waals surface area contributed by atoms with E-state index < -0.39 is 52.3 Å². The summed E-state index contributed by atoms with van der Waals surface area (Å²) in [7, 11) is 0. The maximum absolute atomic E-state index is 17.6. The summed E-state index contributed by atoms with van der Waals surface area (Å²) in [4.78, 5) is 30.5. The number of halogens is 1. The molecule has 2 aromatic rings. The molecule has 0 bridgehead atoms. The molecule has 5 aliphatic rings. The number of benzene rings is 1. The number of carbonyl (C=O) groups excluding carboxylic acids is 2. The van der Waals surface area contributed by atoms with Gasteiger partial charge in [0.1, 0.15) is 0 Å². The first-order valence-corrected chi connectivity index (χ1v) is 14.0. The first kappa shape index (κ1) is 25.7. The van der Waals surface area contributed by atoms with Crippen LogP contribution in [0.1, 0.15) is 57.8 Å². The zero-order valence-electron chi connectivity index (χ0n) is 22.5. The van der Waals surface area contributed by atoms with E-state index in [0.717, 1.165) is 16.5 Å². The number of nitriles is 1. The fraction of sp³-hybridized carbons (Fsp3) is 0.500. The van der Waals surface area contributed by atoms with Gasteiger partial charge in [0.15, 0.2) is 29.1 Å². The molecule has 40 heavy (non-hydrogen) atoms. The third-order valence-electron chi connectivity index (χ3n) is 10.9. The van der Waals surface area contributed by atoms with E-state index in [0.29, 0.717) is 18.4 Å². The van der Waals surface area contributed by atoms with Gasteiger partial charge in [0.25, 0.3) is 0 Å². The van der Waals surface area contributed by atoms with E-state index >= 15 is 4.39 Å². The molecule has 7 rings (SSSR count). The van der Waals surface area contributed by atoms with E-state index in [1.54, 1.807) is 19.2 Å². The largest absolute Gasteiger partial charge is 0.390 e. The first-order valence-electron chi connectivity index (χ1n) is 14.0. The summed E-state index contributed by atoms with van der Waals surface area (Å²) in [5, 5.41) is 22.1. The Kier molecular flexibility index (Phi) is 5.39.